The number of pyridine rings is 1. The average molecular weight is 423 g/mol. The van der Waals surface area contributed by atoms with Gasteiger partial charge in [-0.2, -0.15) is 5.23 Å². The molecule has 2 bridgehead atoms. The number of amides is 1. The van der Waals surface area contributed by atoms with Crippen LogP contribution in [0.4, 0.5) is 5.69 Å². The number of aromatic nitrogens is 5. The molecule has 2 aliphatic heterocycles. The predicted octanol–water partition coefficient (Wildman–Crippen LogP) is -0.454. The highest BCUT2D eigenvalue weighted by Crippen LogP contribution is 2.35. The summed E-state index contributed by atoms with van der Waals surface area (Å²) >= 11 is 0. The summed E-state index contributed by atoms with van der Waals surface area (Å²) in [6.45, 7) is 2.01. The number of quaternary nitrogens is 1. The van der Waals surface area contributed by atoms with Crippen molar-refractivity contribution in [2.24, 2.45) is 5.92 Å². The van der Waals surface area contributed by atoms with Crippen molar-refractivity contribution in [3.05, 3.63) is 75.1 Å². The van der Waals surface area contributed by atoms with Gasteiger partial charge in [-0.05, 0) is 46.5 Å². The van der Waals surface area contributed by atoms with Crippen molar-refractivity contribution in [1.29, 1.82) is 0 Å². The maximum atomic E-state index is 13.1. The van der Waals surface area contributed by atoms with Crippen molar-refractivity contribution < 1.29 is 15.2 Å². The van der Waals surface area contributed by atoms with Gasteiger partial charge in [-0.1, -0.05) is 12.1 Å². The molecule has 0 saturated carbocycles. The fourth-order valence-corrected chi connectivity index (χ4v) is 4.65. The lowest BCUT2D eigenvalue weighted by Gasteiger charge is -2.42. The van der Waals surface area contributed by atoms with Gasteiger partial charge in [0.15, 0.2) is 0 Å². The number of hydrogen-bond donors (Lipinski definition) is 2. The molecule has 2 N–H and O–H groups in total. The molecule has 1 fully saturated rings. The molecule has 1 unspecified atom stereocenters. The van der Waals surface area contributed by atoms with E-state index < -0.39 is 10.8 Å². The third kappa shape index (κ3) is 3.63. The highest BCUT2D eigenvalue weighted by Gasteiger charge is 2.37. The molecule has 2 aliphatic rings. The standard InChI is InChI=1S/C20H21N7O4/c28-19(15-3-1-13(2-4-15)9-25-12-21-22-23-25)24-8-14-7-16(11-24)17-5-6-18(27(30)31)20(29)26(17)10-14/h1-6,12,14,16,27,30H,7-11H2/t14-,16-/m1/s1. The minimum absolute atomic E-state index is 0.0195. The van der Waals surface area contributed by atoms with Crippen LogP contribution in [0.2, 0.25) is 0 Å². The number of carbonyl (C=O) groups is 1. The van der Waals surface area contributed by atoms with Gasteiger partial charge in [-0.15, -0.1) is 5.10 Å². The third-order valence-electron chi connectivity index (χ3n) is 6.06. The Morgan fingerprint density at radius 2 is 1.97 bits per heavy atom. The van der Waals surface area contributed by atoms with Gasteiger partial charge in [0.25, 0.3) is 5.91 Å². The number of likely N-dealkylation sites (tertiary alicyclic amines) is 1. The van der Waals surface area contributed by atoms with Crippen LogP contribution < -0.4 is 10.8 Å². The van der Waals surface area contributed by atoms with Gasteiger partial charge in [0.2, 0.25) is 5.69 Å². The van der Waals surface area contributed by atoms with E-state index in [1.165, 1.54) is 12.4 Å². The second-order valence-corrected chi connectivity index (χ2v) is 8.11. The summed E-state index contributed by atoms with van der Waals surface area (Å²) in [4.78, 5) is 27.5. The Morgan fingerprint density at radius 1 is 1.16 bits per heavy atom. The van der Waals surface area contributed by atoms with Crippen molar-refractivity contribution >= 4 is 11.6 Å². The highest BCUT2D eigenvalue weighted by molar-refractivity contribution is 5.94. The lowest BCUT2D eigenvalue weighted by molar-refractivity contribution is -0.992. The lowest BCUT2D eigenvalue weighted by atomic mass is 9.83. The van der Waals surface area contributed by atoms with Crippen LogP contribution >= 0.6 is 0 Å². The Balaban J connectivity index is 1.34. The Bertz CT molecular complexity index is 1160. The number of rotatable bonds is 4. The number of benzene rings is 1. The molecule has 0 aliphatic carbocycles. The van der Waals surface area contributed by atoms with E-state index in [1.54, 1.807) is 15.3 Å². The largest absolute Gasteiger partial charge is 0.595 e. The molecule has 4 heterocycles. The number of nitrogens with zero attached hydrogens (tertiary/aromatic N) is 6. The van der Waals surface area contributed by atoms with E-state index in [9.17, 15) is 20.0 Å². The van der Waals surface area contributed by atoms with Crippen LogP contribution in [0.15, 0.2) is 47.5 Å². The Morgan fingerprint density at radius 3 is 2.68 bits per heavy atom. The summed E-state index contributed by atoms with van der Waals surface area (Å²) in [6, 6.07) is 10.5. The molecule has 3 atom stereocenters. The number of nitrogens with one attached hydrogen (secondary N) is 1. The second kappa shape index (κ2) is 7.69. The molecule has 2 aromatic heterocycles. The molecule has 0 radical (unpaired) electrons. The van der Waals surface area contributed by atoms with Gasteiger partial charge < -0.3 is 14.7 Å². The molecule has 3 aromatic rings. The minimum atomic E-state index is -1.21. The monoisotopic (exact) mass is 423 g/mol. The summed E-state index contributed by atoms with van der Waals surface area (Å²) < 4.78 is 3.19. The van der Waals surface area contributed by atoms with E-state index in [2.05, 4.69) is 15.5 Å². The van der Waals surface area contributed by atoms with E-state index in [1.807, 2.05) is 29.2 Å². The molecule has 11 nitrogen and oxygen atoms in total. The maximum absolute atomic E-state index is 13.1. The first-order valence-corrected chi connectivity index (χ1v) is 10.1. The normalized spacial score (nSPS) is 20.9. The maximum Gasteiger partial charge on any atom is 0.315 e. The topological polar surface area (TPSA) is 134 Å². The molecule has 11 heteroatoms. The molecular weight excluding hydrogens is 402 g/mol. The average Bonchev–Trinajstić information content (AvgIpc) is 3.27. The van der Waals surface area contributed by atoms with E-state index in [-0.39, 0.29) is 23.4 Å². The van der Waals surface area contributed by atoms with Gasteiger partial charge >= 0.3 is 5.56 Å². The summed E-state index contributed by atoms with van der Waals surface area (Å²) in [5.41, 5.74) is 1.73. The van der Waals surface area contributed by atoms with Crippen LogP contribution in [0.5, 0.6) is 0 Å². The van der Waals surface area contributed by atoms with Crippen molar-refractivity contribution in [3.63, 3.8) is 0 Å². The molecule has 5 rings (SSSR count). The number of piperidine rings is 1. The van der Waals surface area contributed by atoms with E-state index >= 15 is 0 Å². The number of hydrogen-bond acceptors (Lipinski definition) is 7. The first-order valence-electron chi connectivity index (χ1n) is 10.1. The van der Waals surface area contributed by atoms with Crippen molar-refractivity contribution in [2.45, 2.75) is 25.4 Å². The van der Waals surface area contributed by atoms with Crippen LogP contribution in [0.3, 0.4) is 0 Å². The molecule has 1 amide bonds. The lowest BCUT2D eigenvalue weighted by Crippen LogP contribution is -3.00. The van der Waals surface area contributed by atoms with Gasteiger partial charge in [-0.25, -0.2) is 9.89 Å². The van der Waals surface area contributed by atoms with E-state index in [0.717, 1.165) is 17.7 Å². The summed E-state index contributed by atoms with van der Waals surface area (Å²) in [6.07, 6.45) is 2.43. The molecule has 31 heavy (non-hydrogen) atoms. The highest BCUT2D eigenvalue weighted by atomic mass is 16.8. The zero-order valence-corrected chi connectivity index (χ0v) is 16.6. The molecule has 0 spiro atoms. The van der Waals surface area contributed by atoms with E-state index in [4.69, 9.17) is 0 Å². The van der Waals surface area contributed by atoms with Crippen LogP contribution in [-0.4, -0.2) is 53.9 Å². The zero-order valence-electron chi connectivity index (χ0n) is 16.6. The SMILES string of the molecule is O=C(c1ccc(Cn2cnnn2)cc1)N1C[C@H]2C[C@H](C1)c1ccc([NH+]([O-])O)c(=O)n1C2. The Labute approximate surface area is 176 Å². The van der Waals surface area contributed by atoms with Gasteiger partial charge in [-0.3, -0.25) is 9.59 Å². The first kappa shape index (κ1) is 19.5. The van der Waals surface area contributed by atoms with Crippen LogP contribution in [0.25, 0.3) is 0 Å². The number of fused-ring (bicyclic) bond motifs is 4. The number of carbonyl (C=O) groups excluding carboxylic acids is 1. The van der Waals surface area contributed by atoms with Gasteiger partial charge in [0.05, 0.1) is 6.54 Å². The summed E-state index contributed by atoms with van der Waals surface area (Å²) in [5.74, 6) is 0.101. The van der Waals surface area contributed by atoms with Crippen molar-refractivity contribution in [2.75, 3.05) is 13.1 Å². The fourth-order valence-electron chi connectivity index (χ4n) is 4.65. The first-order chi connectivity index (χ1) is 15.0. The third-order valence-corrected chi connectivity index (χ3v) is 6.06. The smallest absolute Gasteiger partial charge is 0.315 e. The fraction of sp³-hybridized carbons (Fsp3) is 0.350. The molecular formula is C20H21N7O4. The summed E-state index contributed by atoms with van der Waals surface area (Å²) in [5, 5.41) is 30.4. The Hall–Kier alpha value is -3.41. The van der Waals surface area contributed by atoms with E-state index in [0.29, 0.717) is 31.7 Å². The zero-order chi connectivity index (χ0) is 21.5. The van der Waals surface area contributed by atoms with Crippen LogP contribution in [0.1, 0.15) is 34.0 Å². The summed E-state index contributed by atoms with van der Waals surface area (Å²) in [7, 11) is 0. The van der Waals surface area contributed by atoms with Gasteiger partial charge in [0.1, 0.15) is 6.33 Å². The number of tetrazole rings is 1. The Kier molecular flexibility index (Phi) is 4.85. The van der Waals surface area contributed by atoms with Crippen molar-refractivity contribution in [3.8, 4) is 0 Å². The van der Waals surface area contributed by atoms with Crippen LogP contribution in [-0.2, 0) is 13.1 Å². The molecule has 160 valence electrons. The van der Waals surface area contributed by atoms with Crippen molar-refractivity contribution in [1.82, 2.24) is 29.7 Å². The molecule has 1 saturated heterocycles. The second-order valence-electron chi connectivity index (χ2n) is 8.11. The quantitative estimate of drug-likeness (QED) is 0.543. The molecule has 1 aromatic carbocycles. The minimum Gasteiger partial charge on any atom is -0.595 e. The predicted molar refractivity (Wildman–Crippen MR) is 107 cm³/mol. The van der Waals surface area contributed by atoms with Gasteiger partial charge in [0, 0.05) is 42.9 Å². The van der Waals surface area contributed by atoms with Crippen LogP contribution in [0, 0.1) is 11.1 Å².